The van der Waals surface area contributed by atoms with Crippen LogP contribution >= 0.6 is 0 Å². The van der Waals surface area contributed by atoms with Gasteiger partial charge < -0.3 is 14.2 Å². The number of ether oxygens (including phenoxy) is 1. The Bertz CT molecular complexity index is 748. The molecule has 0 bridgehead atoms. The van der Waals surface area contributed by atoms with Crippen LogP contribution in [0.5, 0.6) is 5.75 Å². The predicted octanol–water partition coefficient (Wildman–Crippen LogP) is 1.88. The van der Waals surface area contributed by atoms with Crippen LogP contribution in [-0.2, 0) is 13.0 Å². The second-order valence-corrected chi connectivity index (χ2v) is 6.43. The molecule has 6 nitrogen and oxygen atoms in total. The first-order chi connectivity index (χ1) is 11.7. The summed E-state index contributed by atoms with van der Waals surface area (Å²) < 4.78 is 10.6. The van der Waals surface area contributed by atoms with Gasteiger partial charge in [0.15, 0.2) is 5.69 Å². The van der Waals surface area contributed by atoms with Gasteiger partial charge in [-0.05, 0) is 24.1 Å². The average Bonchev–Trinajstić information content (AvgIpc) is 3.23. The van der Waals surface area contributed by atoms with Gasteiger partial charge in [0, 0.05) is 45.2 Å². The Morgan fingerprint density at radius 3 is 2.79 bits per heavy atom. The summed E-state index contributed by atoms with van der Waals surface area (Å²) in [5, 5.41) is 3.82. The lowest BCUT2D eigenvalue weighted by Gasteiger charge is -2.34. The number of hydrogen-bond acceptors (Lipinski definition) is 5. The van der Waals surface area contributed by atoms with Gasteiger partial charge in [-0.2, -0.15) is 0 Å². The molecule has 2 aliphatic rings. The molecule has 126 valence electrons. The van der Waals surface area contributed by atoms with Crippen molar-refractivity contribution in [3.05, 3.63) is 46.8 Å². The van der Waals surface area contributed by atoms with E-state index in [4.69, 9.17) is 9.26 Å². The Balaban J connectivity index is 1.34. The minimum Gasteiger partial charge on any atom is -0.493 e. The minimum atomic E-state index is -0.0406. The molecule has 2 aliphatic heterocycles. The van der Waals surface area contributed by atoms with Crippen LogP contribution < -0.4 is 4.74 Å². The molecular formula is C18H21N3O3. The van der Waals surface area contributed by atoms with Crippen molar-refractivity contribution < 1.29 is 14.1 Å². The SMILES string of the molecule is Cc1cc(C(=O)N2CCN(Cc3ccc4c(c3)CCO4)CC2)no1. The quantitative estimate of drug-likeness (QED) is 0.861. The number of aromatic nitrogens is 1. The largest absolute Gasteiger partial charge is 0.493 e. The number of piperazine rings is 1. The fourth-order valence-electron chi connectivity index (χ4n) is 3.33. The van der Waals surface area contributed by atoms with Crippen molar-refractivity contribution in [2.45, 2.75) is 19.9 Å². The molecule has 0 aliphatic carbocycles. The molecule has 24 heavy (non-hydrogen) atoms. The molecule has 0 atom stereocenters. The fourth-order valence-corrected chi connectivity index (χ4v) is 3.33. The van der Waals surface area contributed by atoms with Gasteiger partial charge in [-0.3, -0.25) is 9.69 Å². The summed E-state index contributed by atoms with van der Waals surface area (Å²) in [6, 6.07) is 8.16. The number of nitrogens with zero attached hydrogens (tertiary/aromatic N) is 3. The zero-order valence-corrected chi connectivity index (χ0v) is 13.8. The van der Waals surface area contributed by atoms with Crippen molar-refractivity contribution in [1.29, 1.82) is 0 Å². The maximum atomic E-state index is 12.4. The lowest BCUT2D eigenvalue weighted by molar-refractivity contribution is 0.0618. The highest BCUT2D eigenvalue weighted by molar-refractivity contribution is 5.92. The van der Waals surface area contributed by atoms with E-state index in [-0.39, 0.29) is 5.91 Å². The Hall–Kier alpha value is -2.34. The standard InChI is InChI=1S/C18H21N3O3/c1-13-10-16(19-24-13)18(22)21-7-5-20(6-8-21)12-14-2-3-17-15(11-14)4-9-23-17/h2-3,10-11H,4-9,12H2,1H3. The van der Waals surface area contributed by atoms with Crippen molar-refractivity contribution >= 4 is 5.91 Å². The molecule has 0 saturated carbocycles. The molecule has 1 amide bonds. The van der Waals surface area contributed by atoms with Crippen LogP contribution in [0.15, 0.2) is 28.8 Å². The molecule has 1 saturated heterocycles. The molecule has 0 spiro atoms. The highest BCUT2D eigenvalue weighted by Crippen LogP contribution is 2.26. The number of carbonyl (C=O) groups is 1. The van der Waals surface area contributed by atoms with E-state index in [1.807, 2.05) is 4.90 Å². The van der Waals surface area contributed by atoms with Crippen LogP contribution in [0, 0.1) is 6.92 Å². The number of aryl methyl sites for hydroxylation is 1. The summed E-state index contributed by atoms with van der Waals surface area (Å²) in [5.74, 6) is 1.65. The maximum Gasteiger partial charge on any atom is 0.276 e. The summed E-state index contributed by atoms with van der Waals surface area (Å²) in [5.41, 5.74) is 3.02. The van der Waals surface area contributed by atoms with Crippen LogP contribution in [-0.4, -0.2) is 53.6 Å². The van der Waals surface area contributed by atoms with E-state index >= 15 is 0 Å². The van der Waals surface area contributed by atoms with Crippen molar-refractivity contribution in [3.8, 4) is 5.75 Å². The van der Waals surface area contributed by atoms with E-state index in [9.17, 15) is 4.79 Å². The molecular weight excluding hydrogens is 306 g/mol. The number of benzene rings is 1. The number of hydrogen-bond donors (Lipinski definition) is 0. The second kappa shape index (κ2) is 6.28. The predicted molar refractivity (Wildman–Crippen MR) is 88.1 cm³/mol. The Labute approximate surface area is 141 Å². The van der Waals surface area contributed by atoms with Crippen molar-refractivity contribution in [3.63, 3.8) is 0 Å². The van der Waals surface area contributed by atoms with Gasteiger partial charge in [-0.1, -0.05) is 17.3 Å². The zero-order valence-electron chi connectivity index (χ0n) is 13.8. The molecule has 0 unspecified atom stereocenters. The van der Waals surface area contributed by atoms with E-state index < -0.39 is 0 Å². The second-order valence-electron chi connectivity index (χ2n) is 6.43. The summed E-state index contributed by atoms with van der Waals surface area (Å²) in [6.07, 6.45) is 1.00. The van der Waals surface area contributed by atoms with Gasteiger partial charge >= 0.3 is 0 Å². The van der Waals surface area contributed by atoms with Crippen molar-refractivity contribution in [2.24, 2.45) is 0 Å². The molecule has 1 fully saturated rings. The first-order valence-corrected chi connectivity index (χ1v) is 8.38. The molecule has 2 aromatic rings. The van der Waals surface area contributed by atoms with Crippen LogP contribution in [0.2, 0.25) is 0 Å². The van der Waals surface area contributed by atoms with Gasteiger partial charge in [0.1, 0.15) is 11.5 Å². The molecule has 1 aromatic carbocycles. The minimum absolute atomic E-state index is 0.0406. The number of rotatable bonds is 3. The Morgan fingerprint density at radius 2 is 2.04 bits per heavy atom. The molecule has 1 aromatic heterocycles. The van der Waals surface area contributed by atoms with E-state index in [2.05, 4.69) is 28.3 Å². The monoisotopic (exact) mass is 327 g/mol. The lowest BCUT2D eigenvalue weighted by Crippen LogP contribution is -2.48. The third-order valence-electron chi connectivity index (χ3n) is 4.67. The molecule has 3 heterocycles. The van der Waals surface area contributed by atoms with E-state index in [1.54, 1.807) is 13.0 Å². The zero-order chi connectivity index (χ0) is 16.5. The topological polar surface area (TPSA) is 58.8 Å². The van der Waals surface area contributed by atoms with E-state index in [0.717, 1.165) is 51.5 Å². The maximum absolute atomic E-state index is 12.4. The third kappa shape index (κ3) is 3.01. The van der Waals surface area contributed by atoms with E-state index in [1.165, 1.54) is 11.1 Å². The molecule has 0 radical (unpaired) electrons. The lowest BCUT2D eigenvalue weighted by atomic mass is 10.1. The number of amides is 1. The van der Waals surface area contributed by atoms with E-state index in [0.29, 0.717) is 11.5 Å². The summed E-state index contributed by atoms with van der Waals surface area (Å²) in [6.45, 7) is 6.69. The molecule has 6 heteroatoms. The Kier molecular flexibility index (Phi) is 3.98. The molecule has 0 N–H and O–H groups in total. The van der Waals surface area contributed by atoms with Crippen LogP contribution in [0.4, 0.5) is 0 Å². The highest BCUT2D eigenvalue weighted by atomic mass is 16.5. The van der Waals surface area contributed by atoms with Crippen molar-refractivity contribution in [2.75, 3.05) is 32.8 Å². The van der Waals surface area contributed by atoms with Gasteiger partial charge in [0.2, 0.25) is 0 Å². The van der Waals surface area contributed by atoms with Crippen LogP contribution in [0.1, 0.15) is 27.4 Å². The summed E-state index contributed by atoms with van der Waals surface area (Å²) in [4.78, 5) is 16.6. The molecule has 4 rings (SSSR count). The number of carbonyl (C=O) groups excluding carboxylic acids is 1. The van der Waals surface area contributed by atoms with Gasteiger partial charge in [-0.25, -0.2) is 0 Å². The average molecular weight is 327 g/mol. The van der Waals surface area contributed by atoms with Crippen LogP contribution in [0.25, 0.3) is 0 Å². The normalized spacial score (nSPS) is 17.6. The van der Waals surface area contributed by atoms with Gasteiger partial charge in [0.05, 0.1) is 6.61 Å². The smallest absolute Gasteiger partial charge is 0.276 e. The van der Waals surface area contributed by atoms with Crippen LogP contribution in [0.3, 0.4) is 0 Å². The summed E-state index contributed by atoms with van der Waals surface area (Å²) >= 11 is 0. The first-order valence-electron chi connectivity index (χ1n) is 8.38. The Morgan fingerprint density at radius 1 is 1.21 bits per heavy atom. The fraction of sp³-hybridized carbons (Fsp3) is 0.444. The number of fused-ring (bicyclic) bond motifs is 1. The highest BCUT2D eigenvalue weighted by Gasteiger charge is 2.24. The van der Waals surface area contributed by atoms with Crippen molar-refractivity contribution in [1.82, 2.24) is 15.0 Å². The summed E-state index contributed by atoms with van der Waals surface area (Å²) in [7, 11) is 0. The third-order valence-corrected chi connectivity index (χ3v) is 4.67. The van der Waals surface area contributed by atoms with Gasteiger partial charge in [0.25, 0.3) is 5.91 Å². The van der Waals surface area contributed by atoms with Gasteiger partial charge in [-0.15, -0.1) is 0 Å². The first kappa shape index (κ1) is 15.2.